The highest BCUT2D eigenvalue weighted by molar-refractivity contribution is 7.07. The van der Waals surface area contributed by atoms with Gasteiger partial charge in [-0.25, -0.2) is 0 Å². The predicted octanol–water partition coefficient (Wildman–Crippen LogP) is 4.67. The standard InChI is InChI=1S/C24H29N3OS/c1-18-3-6-23(25-15-18)24(14-20-7-12-29-17-20)26-16-21-4-5-22(13-19(21)2)27-8-10-28-11-9-27/h3-7,12-13,15,17,24,26H,8-11,14,16H2,1-2H3/t24-/m1/s1. The van der Waals surface area contributed by atoms with Crippen LogP contribution in [-0.4, -0.2) is 31.3 Å². The molecule has 1 N–H and O–H groups in total. The maximum Gasteiger partial charge on any atom is 0.0642 e. The number of aryl methyl sites for hydroxylation is 2. The third kappa shape index (κ3) is 5.24. The first-order chi connectivity index (χ1) is 14.2. The number of anilines is 1. The summed E-state index contributed by atoms with van der Waals surface area (Å²) < 4.78 is 5.48. The lowest BCUT2D eigenvalue weighted by Gasteiger charge is -2.29. The van der Waals surface area contributed by atoms with Gasteiger partial charge in [-0.3, -0.25) is 4.98 Å². The van der Waals surface area contributed by atoms with Crippen LogP contribution in [0, 0.1) is 13.8 Å². The first-order valence-electron chi connectivity index (χ1n) is 10.3. The van der Waals surface area contributed by atoms with E-state index in [4.69, 9.17) is 9.72 Å². The molecule has 0 radical (unpaired) electrons. The number of thiophene rings is 1. The van der Waals surface area contributed by atoms with E-state index in [9.17, 15) is 0 Å². The van der Waals surface area contributed by atoms with Crippen LogP contribution < -0.4 is 10.2 Å². The highest BCUT2D eigenvalue weighted by Crippen LogP contribution is 2.23. The molecule has 0 bridgehead atoms. The largest absolute Gasteiger partial charge is 0.378 e. The number of hydrogen-bond acceptors (Lipinski definition) is 5. The van der Waals surface area contributed by atoms with Crippen LogP contribution in [0.15, 0.2) is 53.4 Å². The molecule has 1 saturated heterocycles. The highest BCUT2D eigenvalue weighted by Gasteiger charge is 2.16. The van der Waals surface area contributed by atoms with Crippen molar-refractivity contribution >= 4 is 17.0 Å². The second-order valence-corrected chi connectivity index (χ2v) is 8.52. The van der Waals surface area contributed by atoms with Gasteiger partial charge in [-0.2, -0.15) is 11.3 Å². The Morgan fingerprint density at radius 2 is 2.00 bits per heavy atom. The minimum absolute atomic E-state index is 0.198. The Kier molecular flexibility index (Phi) is 6.60. The van der Waals surface area contributed by atoms with Crippen LogP contribution in [0.3, 0.4) is 0 Å². The SMILES string of the molecule is Cc1ccc([C@@H](Cc2ccsc2)NCc2ccc(N3CCOCC3)cc2C)nc1. The van der Waals surface area contributed by atoms with Crippen molar-refractivity contribution < 1.29 is 4.74 Å². The molecular formula is C24H29N3OS. The van der Waals surface area contributed by atoms with Gasteiger partial charge in [0.25, 0.3) is 0 Å². The summed E-state index contributed by atoms with van der Waals surface area (Å²) >= 11 is 1.75. The van der Waals surface area contributed by atoms with Gasteiger partial charge in [-0.15, -0.1) is 0 Å². The van der Waals surface area contributed by atoms with Gasteiger partial charge in [0.2, 0.25) is 0 Å². The smallest absolute Gasteiger partial charge is 0.0642 e. The molecule has 0 unspecified atom stereocenters. The fourth-order valence-electron chi connectivity index (χ4n) is 3.74. The first-order valence-corrected chi connectivity index (χ1v) is 11.2. The molecule has 1 aliphatic rings. The van der Waals surface area contributed by atoms with E-state index in [2.05, 4.69) is 71.2 Å². The van der Waals surface area contributed by atoms with E-state index in [1.165, 1.54) is 27.9 Å². The Balaban J connectivity index is 1.47. The molecule has 1 fully saturated rings. The summed E-state index contributed by atoms with van der Waals surface area (Å²) in [4.78, 5) is 7.10. The number of rotatable bonds is 7. The van der Waals surface area contributed by atoms with E-state index in [1.54, 1.807) is 11.3 Å². The van der Waals surface area contributed by atoms with Crippen molar-refractivity contribution in [1.29, 1.82) is 0 Å². The normalized spacial score (nSPS) is 15.4. The summed E-state index contributed by atoms with van der Waals surface area (Å²) in [6, 6.07) is 13.5. The zero-order valence-electron chi connectivity index (χ0n) is 17.2. The number of nitrogens with zero attached hydrogens (tertiary/aromatic N) is 2. The second kappa shape index (κ2) is 9.53. The van der Waals surface area contributed by atoms with Crippen LogP contribution >= 0.6 is 11.3 Å². The quantitative estimate of drug-likeness (QED) is 0.618. The van der Waals surface area contributed by atoms with E-state index < -0.39 is 0 Å². The first kappa shape index (κ1) is 20.1. The third-order valence-corrected chi connectivity index (χ3v) is 6.28. The zero-order chi connectivity index (χ0) is 20.1. The molecule has 0 aliphatic carbocycles. The molecule has 4 rings (SSSR count). The number of nitrogens with one attached hydrogen (secondary N) is 1. The minimum atomic E-state index is 0.198. The molecule has 3 heterocycles. The fourth-order valence-corrected chi connectivity index (χ4v) is 4.42. The van der Waals surface area contributed by atoms with E-state index in [-0.39, 0.29) is 6.04 Å². The lowest BCUT2D eigenvalue weighted by atomic mass is 10.0. The summed E-state index contributed by atoms with van der Waals surface area (Å²) in [6.07, 6.45) is 2.91. The van der Waals surface area contributed by atoms with Crippen molar-refractivity contribution in [3.8, 4) is 0 Å². The summed E-state index contributed by atoms with van der Waals surface area (Å²) in [5, 5.41) is 8.13. The molecule has 4 nitrogen and oxygen atoms in total. The average molecular weight is 408 g/mol. The molecule has 2 aromatic heterocycles. The molecule has 0 spiro atoms. The molecule has 152 valence electrons. The summed E-state index contributed by atoms with van der Waals surface area (Å²) in [6.45, 7) is 8.69. The molecule has 1 aliphatic heterocycles. The van der Waals surface area contributed by atoms with Crippen LogP contribution in [-0.2, 0) is 17.7 Å². The molecular weight excluding hydrogens is 378 g/mol. The van der Waals surface area contributed by atoms with Crippen LogP contribution in [0.1, 0.15) is 34.0 Å². The van der Waals surface area contributed by atoms with E-state index in [0.717, 1.165) is 45.0 Å². The Morgan fingerprint density at radius 3 is 2.69 bits per heavy atom. The minimum Gasteiger partial charge on any atom is -0.378 e. The number of aromatic nitrogens is 1. The van der Waals surface area contributed by atoms with Crippen molar-refractivity contribution in [2.75, 3.05) is 31.2 Å². The van der Waals surface area contributed by atoms with Crippen molar-refractivity contribution in [3.63, 3.8) is 0 Å². The third-order valence-electron chi connectivity index (χ3n) is 5.55. The molecule has 1 aromatic carbocycles. The molecule has 1 atom stereocenters. The molecule has 0 saturated carbocycles. The average Bonchev–Trinajstić information content (AvgIpc) is 3.26. The van der Waals surface area contributed by atoms with E-state index >= 15 is 0 Å². The Hall–Kier alpha value is -2.21. The van der Waals surface area contributed by atoms with Gasteiger partial charge in [0.05, 0.1) is 24.9 Å². The lowest BCUT2D eigenvalue weighted by Crippen LogP contribution is -2.36. The molecule has 3 aromatic rings. The van der Waals surface area contributed by atoms with Gasteiger partial charge < -0.3 is 15.0 Å². The van der Waals surface area contributed by atoms with Gasteiger partial charge in [0.1, 0.15) is 0 Å². The Morgan fingerprint density at radius 1 is 1.14 bits per heavy atom. The van der Waals surface area contributed by atoms with Gasteiger partial charge in [0, 0.05) is 31.5 Å². The monoisotopic (exact) mass is 407 g/mol. The van der Waals surface area contributed by atoms with E-state index in [1.807, 2.05) is 6.20 Å². The van der Waals surface area contributed by atoms with Crippen molar-refractivity contribution in [3.05, 3.63) is 81.3 Å². The molecule has 5 heteroatoms. The van der Waals surface area contributed by atoms with Gasteiger partial charge >= 0.3 is 0 Å². The van der Waals surface area contributed by atoms with Crippen molar-refractivity contribution in [1.82, 2.24) is 10.3 Å². The maximum atomic E-state index is 5.48. The zero-order valence-corrected chi connectivity index (χ0v) is 18.0. The van der Waals surface area contributed by atoms with Crippen molar-refractivity contribution in [2.45, 2.75) is 32.9 Å². The van der Waals surface area contributed by atoms with Crippen LogP contribution in [0.5, 0.6) is 0 Å². The van der Waals surface area contributed by atoms with Gasteiger partial charge in [-0.05, 0) is 77.5 Å². The Labute approximate surface area is 177 Å². The number of hydrogen-bond donors (Lipinski definition) is 1. The maximum absolute atomic E-state index is 5.48. The Bertz CT molecular complexity index is 902. The topological polar surface area (TPSA) is 37.4 Å². The van der Waals surface area contributed by atoms with Crippen LogP contribution in [0.25, 0.3) is 0 Å². The van der Waals surface area contributed by atoms with Gasteiger partial charge in [-0.1, -0.05) is 12.1 Å². The molecule has 0 amide bonds. The lowest BCUT2D eigenvalue weighted by molar-refractivity contribution is 0.122. The summed E-state index contributed by atoms with van der Waals surface area (Å²) in [5.74, 6) is 0. The van der Waals surface area contributed by atoms with E-state index in [0.29, 0.717) is 0 Å². The number of pyridine rings is 1. The molecule has 29 heavy (non-hydrogen) atoms. The fraction of sp³-hybridized carbons (Fsp3) is 0.375. The summed E-state index contributed by atoms with van der Waals surface area (Å²) in [5.41, 5.74) is 7.61. The second-order valence-electron chi connectivity index (χ2n) is 7.74. The highest BCUT2D eigenvalue weighted by atomic mass is 32.1. The van der Waals surface area contributed by atoms with Crippen LogP contribution in [0.2, 0.25) is 0 Å². The number of benzene rings is 1. The number of morpholine rings is 1. The predicted molar refractivity (Wildman–Crippen MR) is 121 cm³/mol. The number of ether oxygens (including phenoxy) is 1. The van der Waals surface area contributed by atoms with Crippen molar-refractivity contribution in [2.24, 2.45) is 0 Å². The van der Waals surface area contributed by atoms with Crippen LogP contribution in [0.4, 0.5) is 5.69 Å². The summed E-state index contributed by atoms with van der Waals surface area (Å²) in [7, 11) is 0. The van der Waals surface area contributed by atoms with Gasteiger partial charge in [0.15, 0.2) is 0 Å².